The number of nitrogens with one attached hydrogen (secondary N) is 2. The molecule has 1 heterocycles. The van der Waals surface area contributed by atoms with Gasteiger partial charge in [0.1, 0.15) is 5.75 Å². The van der Waals surface area contributed by atoms with Crippen LogP contribution in [0.2, 0.25) is 0 Å². The van der Waals surface area contributed by atoms with E-state index in [2.05, 4.69) is 10.6 Å². The van der Waals surface area contributed by atoms with Crippen molar-refractivity contribution in [2.75, 3.05) is 35.6 Å². The first-order chi connectivity index (χ1) is 13.0. The van der Waals surface area contributed by atoms with Gasteiger partial charge >= 0.3 is 6.03 Å². The fourth-order valence-electron chi connectivity index (χ4n) is 2.93. The molecule has 0 atom stereocenters. The number of carbonyl (C=O) groups excluding carboxylic acids is 1. The predicted octanol–water partition coefficient (Wildman–Crippen LogP) is 2.60. The lowest BCUT2D eigenvalue weighted by Crippen LogP contribution is -2.30. The van der Waals surface area contributed by atoms with Gasteiger partial charge in [-0.15, -0.1) is 0 Å². The quantitative estimate of drug-likeness (QED) is 0.795. The number of anilines is 2. The average Bonchev–Trinajstić information content (AvgIpc) is 3.02. The molecule has 1 fully saturated rings. The van der Waals surface area contributed by atoms with Gasteiger partial charge in [0, 0.05) is 18.8 Å². The maximum atomic E-state index is 12.0. The molecule has 0 saturated carbocycles. The van der Waals surface area contributed by atoms with Crippen molar-refractivity contribution >= 4 is 27.4 Å². The highest BCUT2D eigenvalue weighted by Crippen LogP contribution is 2.25. The largest absolute Gasteiger partial charge is 0.497 e. The smallest absolute Gasteiger partial charge is 0.319 e. The van der Waals surface area contributed by atoms with E-state index >= 15 is 0 Å². The van der Waals surface area contributed by atoms with Crippen LogP contribution in [0.25, 0.3) is 0 Å². The van der Waals surface area contributed by atoms with Crippen LogP contribution in [0.1, 0.15) is 12.0 Å². The number of carbonyl (C=O) groups is 1. The molecule has 2 N–H and O–H groups in total. The van der Waals surface area contributed by atoms with Gasteiger partial charge in [-0.1, -0.05) is 12.1 Å². The zero-order valence-corrected chi connectivity index (χ0v) is 16.0. The molecule has 2 amide bonds. The summed E-state index contributed by atoms with van der Waals surface area (Å²) in [6, 6.07) is 14.2. The van der Waals surface area contributed by atoms with Crippen molar-refractivity contribution in [2.24, 2.45) is 0 Å². The van der Waals surface area contributed by atoms with E-state index in [1.54, 1.807) is 31.4 Å². The minimum atomic E-state index is -3.19. The predicted molar refractivity (Wildman–Crippen MR) is 106 cm³/mol. The summed E-state index contributed by atoms with van der Waals surface area (Å²) in [4.78, 5) is 12.0. The molecule has 0 spiro atoms. The Labute approximate surface area is 159 Å². The number of nitrogens with zero attached hydrogens (tertiary/aromatic N) is 1. The van der Waals surface area contributed by atoms with Crippen LogP contribution >= 0.6 is 0 Å². The highest BCUT2D eigenvalue weighted by atomic mass is 32.2. The Bertz CT molecular complexity index is 880. The molecule has 1 aliphatic heterocycles. The minimum absolute atomic E-state index is 0.184. The van der Waals surface area contributed by atoms with Gasteiger partial charge in [-0.2, -0.15) is 0 Å². The molecule has 0 aromatic heterocycles. The summed E-state index contributed by atoms with van der Waals surface area (Å²) in [6.07, 6.45) is 1.35. The second-order valence-corrected chi connectivity index (χ2v) is 8.28. The molecular weight excluding hydrogens is 366 g/mol. The molecule has 7 nitrogen and oxygen atoms in total. The normalized spacial score (nSPS) is 15.4. The highest BCUT2D eigenvalue weighted by Gasteiger charge is 2.28. The molecular formula is C19H23N3O4S. The fourth-order valence-corrected chi connectivity index (χ4v) is 4.49. The van der Waals surface area contributed by atoms with Crippen LogP contribution in [0.3, 0.4) is 0 Å². The van der Waals surface area contributed by atoms with Crippen molar-refractivity contribution in [2.45, 2.75) is 12.8 Å². The van der Waals surface area contributed by atoms with E-state index in [0.717, 1.165) is 11.3 Å². The third-order valence-corrected chi connectivity index (χ3v) is 6.24. The molecule has 0 aliphatic carbocycles. The maximum absolute atomic E-state index is 12.0. The van der Waals surface area contributed by atoms with Crippen LogP contribution in [-0.2, 0) is 16.4 Å². The number of rotatable bonds is 6. The lowest BCUT2D eigenvalue weighted by molar-refractivity contribution is 0.252. The van der Waals surface area contributed by atoms with E-state index in [1.807, 2.05) is 24.3 Å². The molecule has 144 valence electrons. The van der Waals surface area contributed by atoms with Crippen molar-refractivity contribution in [3.05, 3.63) is 54.1 Å². The van der Waals surface area contributed by atoms with E-state index in [0.29, 0.717) is 37.3 Å². The number of methoxy groups -OCH3 is 1. The number of amides is 2. The van der Waals surface area contributed by atoms with Crippen LogP contribution in [0.15, 0.2) is 48.5 Å². The summed E-state index contributed by atoms with van der Waals surface area (Å²) in [5, 5.41) is 5.55. The molecule has 2 aromatic rings. The first kappa shape index (κ1) is 19.0. The molecule has 0 unspecified atom stereocenters. The number of ether oxygens (including phenoxy) is 1. The number of benzene rings is 2. The summed E-state index contributed by atoms with van der Waals surface area (Å²) in [7, 11) is -1.57. The van der Waals surface area contributed by atoms with Gasteiger partial charge in [0.2, 0.25) is 10.0 Å². The lowest BCUT2D eigenvalue weighted by atomic mass is 10.1. The summed E-state index contributed by atoms with van der Waals surface area (Å²) in [5.74, 6) is 0.985. The number of sulfonamides is 1. The third-order valence-electron chi connectivity index (χ3n) is 4.37. The highest BCUT2D eigenvalue weighted by molar-refractivity contribution is 7.93. The topological polar surface area (TPSA) is 87.7 Å². The summed E-state index contributed by atoms with van der Waals surface area (Å²) in [5.41, 5.74) is 2.34. The van der Waals surface area contributed by atoms with Crippen LogP contribution in [-0.4, -0.2) is 40.4 Å². The van der Waals surface area contributed by atoms with E-state index < -0.39 is 10.0 Å². The maximum Gasteiger partial charge on any atom is 0.319 e. The van der Waals surface area contributed by atoms with Crippen molar-refractivity contribution in [1.82, 2.24) is 5.32 Å². The van der Waals surface area contributed by atoms with Gasteiger partial charge in [-0.25, -0.2) is 13.2 Å². The van der Waals surface area contributed by atoms with Crippen LogP contribution < -0.4 is 19.7 Å². The van der Waals surface area contributed by atoms with Crippen molar-refractivity contribution in [3.8, 4) is 5.75 Å². The van der Waals surface area contributed by atoms with Crippen molar-refractivity contribution < 1.29 is 17.9 Å². The summed E-state index contributed by atoms with van der Waals surface area (Å²) in [6.45, 7) is 1.00. The SMILES string of the molecule is COc1ccc(CCNC(=O)Nc2ccc(N3CCCS3(=O)=O)cc2)cc1. The molecule has 2 aromatic carbocycles. The fraction of sp³-hybridized carbons (Fsp3) is 0.316. The molecule has 0 radical (unpaired) electrons. The van der Waals surface area contributed by atoms with E-state index in [9.17, 15) is 13.2 Å². The second-order valence-electron chi connectivity index (χ2n) is 6.27. The third kappa shape index (κ3) is 4.91. The summed E-state index contributed by atoms with van der Waals surface area (Å²) >= 11 is 0. The van der Waals surface area contributed by atoms with Crippen LogP contribution in [0.4, 0.5) is 16.2 Å². The van der Waals surface area contributed by atoms with Crippen LogP contribution in [0.5, 0.6) is 5.75 Å². The van der Waals surface area contributed by atoms with Gasteiger partial charge in [-0.05, 0) is 54.8 Å². The molecule has 27 heavy (non-hydrogen) atoms. The Hall–Kier alpha value is -2.74. The van der Waals surface area contributed by atoms with Crippen LogP contribution in [0, 0.1) is 0 Å². The number of hydrogen-bond acceptors (Lipinski definition) is 4. The number of urea groups is 1. The Kier molecular flexibility index (Phi) is 5.85. The van der Waals surface area contributed by atoms with E-state index in [-0.39, 0.29) is 11.8 Å². The van der Waals surface area contributed by atoms with E-state index in [1.165, 1.54) is 4.31 Å². The molecule has 0 bridgehead atoms. The number of hydrogen-bond donors (Lipinski definition) is 2. The van der Waals surface area contributed by atoms with Gasteiger partial charge in [-0.3, -0.25) is 4.31 Å². The monoisotopic (exact) mass is 389 g/mol. The van der Waals surface area contributed by atoms with Gasteiger partial charge in [0.05, 0.1) is 18.6 Å². The molecule has 3 rings (SSSR count). The summed E-state index contributed by atoms with van der Waals surface area (Å²) < 4.78 is 30.4. The van der Waals surface area contributed by atoms with E-state index in [4.69, 9.17) is 4.74 Å². The lowest BCUT2D eigenvalue weighted by Gasteiger charge is -2.17. The Morgan fingerprint density at radius 1 is 1.11 bits per heavy atom. The molecule has 1 aliphatic rings. The minimum Gasteiger partial charge on any atom is -0.497 e. The van der Waals surface area contributed by atoms with Gasteiger partial charge in [0.15, 0.2) is 0 Å². The van der Waals surface area contributed by atoms with Gasteiger partial charge in [0.25, 0.3) is 0 Å². The molecule has 1 saturated heterocycles. The standard InChI is InChI=1S/C19H23N3O4S/c1-26-18-9-3-15(4-10-18)11-12-20-19(23)21-16-5-7-17(8-6-16)22-13-2-14-27(22,24)25/h3-10H,2,11-14H2,1H3,(H2,20,21,23). The Balaban J connectivity index is 1.47. The van der Waals surface area contributed by atoms with Gasteiger partial charge < -0.3 is 15.4 Å². The average molecular weight is 389 g/mol. The zero-order valence-electron chi connectivity index (χ0n) is 15.1. The zero-order chi connectivity index (χ0) is 19.3. The molecule has 8 heteroatoms. The second kappa shape index (κ2) is 8.30. The van der Waals surface area contributed by atoms with Crippen molar-refractivity contribution in [1.29, 1.82) is 0 Å². The van der Waals surface area contributed by atoms with Crippen molar-refractivity contribution in [3.63, 3.8) is 0 Å². The first-order valence-electron chi connectivity index (χ1n) is 8.76. The first-order valence-corrected chi connectivity index (χ1v) is 10.4. The Morgan fingerprint density at radius 3 is 2.41 bits per heavy atom. The Morgan fingerprint density at radius 2 is 1.81 bits per heavy atom.